The molecule has 2 heterocycles. The van der Waals surface area contributed by atoms with E-state index in [1.807, 2.05) is 60.7 Å². The molecule has 2 aliphatic rings. The number of carbonyl (C=O) groups excluding carboxylic acids is 2. The monoisotopic (exact) mass is 479 g/mol. The Bertz CT molecular complexity index is 1210. The number of nitrogens with one attached hydrogen (secondary N) is 1. The van der Waals surface area contributed by atoms with Gasteiger partial charge in [-0.2, -0.15) is 0 Å². The van der Waals surface area contributed by atoms with Crippen molar-refractivity contribution in [3.63, 3.8) is 0 Å². The molecular formula is C29H29N5O2. The fraction of sp³-hybridized carbons (Fsp3) is 0.241. The summed E-state index contributed by atoms with van der Waals surface area (Å²) in [6.07, 6.45) is 1.55. The smallest absolute Gasteiger partial charge is 0.321 e. The van der Waals surface area contributed by atoms with Crippen LogP contribution in [0, 0.1) is 12.8 Å². The fourth-order valence-electron chi connectivity index (χ4n) is 5.00. The molecule has 7 nitrogen and oxygen atoms in total. The Labute approximate surface area is 211 Å². The summed E-state index contributed by atoms with van der Waals surface area (Å²) in [5.74, 6) is 0.308. The zero-order valence-corrected chi connectivity index (χ0v) is 20.0. The molecule has 1 fully saturated rings. The van der Waals surface area contributed by atoms with Gasteiger partial charge in [-0.1, -0.05) is 72.8 Å². The van der Waals surface area contributed by atoms with E-state index in [4.69, 9.17) is 17.6 Å². The zero-order valence-electron chi connectivity index (χ0n) is 20.0. The van der Waals surface area contributed by atoms with Crippen molar-refractivity contribution in [1.82, 2.24) is 9.80 Å². The first kappa shape index (κ1) is 23.6. The lowest BCUT2D eigenvalue weighted by atomic mass is 9.82. The number of piperidine rings is 1. The van der Waals surface area contributed by atoms with Gasteiger partial charge in [0.05, 0.1) is 0 Å². The molecule has 0 aliphatic carbocycles. The predicted octanol–water partition coefficient (Wildman–Crippen LogP) is 4.09. The van der Waals surface area contributed by atoms with E-state index in [9.17, 15) is 9.59 Å². The number of guanidine groups is 1. The van der Waals surface area contributed by atoms with Crippen molar-refractivity contribution >= 4 is 23.6 Å². The second-order valence-electron chi connectivity index (χ2n) is 9.31. The maximum atomic E-state index is 14.0. The van der Waals surface area contributed by atoms with Gasteiger partial charge in [-0.25, -0.2) is 9.79 Å². The van der Waals surface area contributed by atoms with Gasteiger partial charge in [-0.15, -0.1) is 0 Å². The number of benzene rings is 3. The van der Waals surface area contributed by atoms with E-state index in [1.165, 1.54) is 0 Å². The predicted molar refractivity (Wildman–Crippen MR) is 140 cm³/mol. The van der Waals surface area contributed by atoms with Crippen molar-refractivity contribution in [2.45, 2.75) is 18.4 Å². The lowest BCUT2D eigenvalue weighted by Crippen LogP contribution is -2.48. The molecule has 3 aromatic rings. The first-order chi connectivity index (χ1) is 17.5. The Morgan fingerprint density at radius 1 is 0.944 bits per heavy atom. The van der Waals surface area contributed by atoms with Gasteiger partial charge in [0.2, 0.25) is 0 Å². The molecule has 3 N–H and O–H groups in total. The van der Waals surface area contributed by atoms with E-state index in [-0.39, 0.29) is 23.8 Å². The minimum atomic E-state index is -1.19. The number of aliphatic imine (C=N–C) groups is 1. The van der Waals surface area contributed by atoms with Gasteiger partial charge < -0.3 is 16.0 Å². The third kappa shape index (κ3) is 4.44. The fourth-order valence-corrected chi connectivity index (χ4v) is 5.00. The average molecular weight is 480 g/mol. The molecule has 0 spiro atoms. The van der Waals surface area contributed by atoms with E-state index in [0.717, 1.165) is 24.0 Å². The Balaban J connectivity index is 1.27. The summed E-state index contributed by atoms with van der Waals surface area (Å²) in [7, 11) is 0. The normalized spacial score (nSPS) is 17.7. The summed E-state index contributed by atoms with van der Waals surface area (Å²) >= 11 is 0. The minimum Gasteiger partial charge on any atom is -0.369 e. The summed E-state index contributed by atoms with van der Waals surface area (Å²) < 4.78 is 0. The van der Waals surface area contributed by atoms with Gasteiger partial charge in [0.15, 0.2) is 11.5 Å². The first-order valence-corrected chi connectivity index (χ1v) is 12.2. The van der Waals surface area contributed by atoms with Crippen molar-refractivity contribution in [2.24, 2.45) is 16.6 Å². The van der Waals surface area contributed by atoms with Crippen LogP contribution in [0.4, 0.5) is 10.5 Å². The number of hydrogen-bond donors (Lipinski definition) is 2. The largest absolute Gasteiger partial charge is 0.369 e. The van der Waals surface area contributed by atoms with Crippen LogP contribution in [0.25, 0.3) is 0 Å². The molecule has 2 aliphatic heterocycles. The molecule has 3 aromatic carbocycles. The molecule has 36 heavy (non-hydrogen) atoms. The maximum Gasteiger partial charge on any atom is 0.321 e. The summed E-state index contributed by atoms with van der Waals surface area (Å²) in [6.45, 7) is 7.40. The number of anilines is 1. The summed E-state index contributed by atoms with van der Waals surface area (Å²) in [6, 6.07) is 26.1. The summed E-state index contributed by atoms with van der Waals surface area (Å²) in [4.78, 5) is 34.8. The Morgan fingerprint density at radius 3 is 2.06 bits per heavy atom. The van der Waals surface area contributed by atoms with Crippen molar-refractivity contribution in [1.29, 1.82) is 0 Å². The number of amides is 3. The van der Waals surface area contributed by atoms with Crippen LogP contribution in [0.3, 0.4) is 0 Å². The second kappa shape index (κ2) is 9.85. The molecule has 0 atom stereocenters. The van der Waals surface area contributed by atoms with E-state index < -0.39 is 5.54 Å². The first-order valence-electron chi connectivity index (χ1n) is 12.2. The van der Waals surface area contributed by atoms with Crippen LogP contribution >= 0.6 is 0 Å². The molecule has 0 aromatic heterocycles. The van der Waals surface area contributed by atoms with Crippen molar-refractivity contribution in [3.8, 4) is 0 Å². The molecule has 7 heteroatoms. The summed E-state index contributed by atoms with van der Waals surface area (Å²) in [5, 5.41) is 2.92. The Hall–Kier alpha value is -4.13. The molecule has 0 unspecified atom stereocenters. The van der Waals surface area contributed by atoms with Crippen LogP contribution in [-0.2, 0) is 10.3 Å². The second-order valence-corrected chi connectivity index (χ2v) is 9.31. The zero-order chi connectivity index (χ0) is 25.1. The van der Waals surface area contributed by atoms with Crippen LogP contribution < -0.4 is 11.1 Å². The van der Waals surface area contributed by atoms with Gasteiger partial charge >= 0.3 is 6.03 Å². The molecule has 0 saturated carbocycles. The number of nitrogens with zero attached hydrogens (tertiary/aromatic N) is 3. The highest BCUT2D eigenvalue weighted by atomic mass is 16.2. The topological polar surface area (TPSA) is 91.0 Å². The van der Waals surface area contributed by atoms with E-state index in [0.29, 0.717) is 30.9 Å². The van der Waals surface area contributed by atoms with Crippen molar-refractivity contribution in [3.05, 3.63) is 109 Å². The molecular weight excluding hydrogens is 450 g/mol. The number of likely N-dealkylation sites (tertiary alicyclic amines) is 1. The van der Waals surface area contributed by atoms with E-state index in [1.54, 1.807) is 34.1 Å². The Morgan fingerprint density at radius 2 is 1.50 bits per heavy atom. The molecule has 2 radical (unpaired) electrons. The number of carbonyl (C=O) groups is 2. The van der Waals surface area contributed by atoms with Gasteiger partial charge in [-0.05, 0) is 54.5 Å². The van der Waals surface area contributed by atoms with Crippen molar-refractivity contribution in [2.75, 3.05) is 25.0 Å². The highest BCUT2D eigenvalue weighted by Crippen LogP contribution is 2.40. The molecule has 5 rings (SSSR count). The van der Waals surface area contributed by atoms with E-state index >= 15 is 0 Å². The van der Waals surface area contributed by atoms with Gasteiger partial charge in [0.1, 0.15) is 0 Å². The number of rotatable bonds is 5. The highest BCUT2D eigenvalue weighted by Gasteiger charge is 2.50. The molecule has 1 saturated heterocycles. The van der Waals surface area contributed by atoms with Gasteiger partial charge in [0.25, 0.3) is 5.91 Å². The highest BCUT2D eigenvalue weighted by molar-refractivity contribution is 6.09. The lowest BCUT2D eigenvalue weighted by molar-refractivity contribution is -0.130. The summed E-state index contributed by atoms with van der Waals surface area (Å²) in [5.41, 5.74) is 8.14. The number of hydrogen-bond acceptors (Lipinski definition) is 4. The van der Waals surface area contributed by atoms with Crippen LogP contribution in [0.2, 0.25) is 0 Å². The quantitative estimate of drug-likeness (QED) is 0.578. The number of nitrogens with two attached hydrogens (primary N) is 1. The SMILES string of the molecule is [CH]c1ccc(NC(=O)N2CCC(CN3C(=O)C(c4ccccc4)(c4ccccc4)N=C3N)CC2)cc1. The standard InChI is InChI=1S/C29H29N5O2/c1-21-12-14-25(15-13-21)31-28(36)33-18-16-22(17-19-33)20-34-26(35)29(32-27(34)30,23-8-4-2-5-9-23)24-10-6-3-7-11-24/h1-15,22H,16-20H2,(H2,30,32)(H,31,36). The average Bonchev–Trinajstić information content (AvgIpc) is 3.17. The minimum absolute atomic E-state index is 0.135. The molecule has 3 amide bonds. The van der Waals surface area contributed by atoms with E-state index in [2.05, 4.69) is 5.32 Å². The lowest BCUT2D eigenvalue weighted by Gasteiger charge is -2.34. The Kier molecular flexibility index (Phi) is 6.46. The van der Waals surface area contributed by atoms with Crippen LogP contribution in [0.5, 0.6) is 0 Å². The van der Waals surface area contributed by atoms with Gasteiger partial charge in [-0.3, -0.25) is 9.69 Å². The maximum absolute atomic E-state index is 14.0. The number of urea groups is 1. The third-order valence-corrected chi connectivity index (χ3v) is 7.00. The third-order valence-electron chi connectivity index (χ3n) is 7.00. The van der Waals surface area contributed by atoms with Crippen LogP contribution in [-0.4, -0.2) is 47.3 Å². The van der Waals surface area contributed by atoms with Crippen molar-refractivity contribution < 1.29 is 9.59 Å². The van der Waals surface area contributed by atoms with Crippen LogP contribution in [0.1, 0.15) is 29.5 Å². The van der Waals surface area contributed by atoms with Gasteiger partial charge in [0, 0.05) is 25.3 Å². The van der Waals surface area contributed by atoms with Crippen LogP contribution in [0.15, 0.2) is 89.9 Å². The molecule has 182 valence electrons. The molecule has 0 bridgehead atoms.